The van der Waals surface area contributed by atoms with E-state index in [1.165, 1.54) is 52.8 Å². The summed E-state index contributed by atoms with van der Waals surface area (Å²) in [7, 11) is -7.40. The van der Waals surface area contributed by atoms with Crippen molar-refractivity contribution < 1.29 is 21.6 Å². The van der Waals surface area contributed by atoms with Gasteiger partial charge < -0.3 is 5.32 Å². The minimum absolute atomic E-state index is 0.0430. The van der Waals surface area contributed by atoms with Crippen molar-refractivity contribution in [3.8, 4) is 0 Å². The van der Waals surface area contributed by atoms with Gasteiger partial charge in [-0.15, -0.1) is 0 Å². The largest absolute Gasteiger partial charge is 0.325 e. The van der Waals surface area contributed by atoms with Gasteiger partial charge in [-0.05, 0) is 48.5 Å². The van der Waals surface area contributed by atoms with Crippen LogP contribution in [0.1, 0.15) is 0 Å². The maximum Gasteiger partial charge on any atom is 0.243 e. The highest BCUT2D eigenvalue weighted by atomic mass is 35.5. The smallest absolute Gasteiger partial charge is 0.243 e. The van der Waals surface area contributed by atoms with Crippen molar-refractivity contribution in [3.05, 3.63) is 53.6 Å². The van der Waals surface area contributed by atoms with Gasteiger partial charge in [0.25, 0.3) is 0 Å². The zero-order valence-electron chi connectivity index (χ0n) is 15.9. The molecule has 0 bridgehead atoms. The highest BCUT2D eigenvalue weighted by Gasteiger charge is 2.29. The maximum absolute atomic E-state index is 12.7. The molecule has 162 valence electrons. The van der Waals surface area contributed by atoms with E-state index in [0.717, 1.165) is 0 Å². The molecule has 3 N–H and O–H groups in total. The van der Waals surface area contributed by atoms with Crippen LogP contribution in [0.2, 0.25) is 5.02 Å². The van der Waals surface area contributed by atoms with E-state index in [1.807, 2.05) is 4.90 Å². The fourth-order valence-corrected chi connectivity index (χ4v) is 5.08. The van der Waals surface area contributed by atoms with Gasteiger partial charge in [-0.2, -0.15) is 4.31 Å². The number of sulfonamides is 2. The Bertz CT molecular complexity index is 1110. The number of nitrogens with two attached hydrogens (primary N) is 1. The molecule has 0 spiro atoms. The van der Waals surface area contributed by atoms with Crippen molar-refractivity contribution in [3.63, 3.8) is 0 Å². The lowest BCUT2D eigenvalue weighted by atomic mass is 10.3. The number of hydrogen-bond acceptors (Lipinski definition) is 6. The number of piperazine rings is 1. The first-order valence-electron chi connectivity index (χ1n) is 8.96. The fraction of sp³-hybridized carbons (Fsp3) is 0.278. The van der Waals surface area contributed by atoms with Crippen LogP contribution >= 0.6 is 11.6 Å². The summed E-state index contributed by atoms with van der Waals surface area (Å²) in [6, 6.07) is 11.5. The molecule has 12 heteroatoms. The molecule has 9 nitrogen and oxygen atoms in total. The Balaban J connectivity index is 1.53. The Morgan fingerprint density at radius 1 is 0.900 bits per heavy atom. The lowest BCUT2D eigenvalue weighted by molar-refractivity contribution is -0.117. The van der Waals surface area contributed by atoms with Crippen LogP contribution in [-0.2, 0) is 24.8 Å². The molecule has 2 aromatic carbocycles. The predicted molar refractivity (Wildman–Crippen MR) is 113 cm³/mol. The van der Waals surface area contributed by atoms with Crippen LogP contribution in [0, 0.1) is 0 Å². The second-order valence-electron chi connectivity index (χ2n) is 6.75. The van der Waals surface area contributed by atoms with Gasteiger partial charge in [-0.25, -0.2) is 22.0 Å². The van der Waals surface area contributed by atoms with Crippen molar-refractivity contribution in [2.24, 2.45) is 5.14 Å². The van der Waals surface area contributed by atoms with Gasteiger partial charge in [0.15, 0.2) is 0 Å². The summed E-state index contributed by atoms with van der Waals surface area (Å²) < 4.78 is 49.3. The zero-order chi connectivity index (χ0) is 21.9. The third-order valence-corrected chi connectivity index (χ3v) is 7.71. The molecule has 1 heterocycles. The third-order valence-electron chi connectivity index (χ3n) is 4.62. The molecule has 1 fully saturated rings. The summed E-state index contributed by atoms with van der Waals surface area (Å²) >= 11 is 5.82. The average molecular weight is 473 g/mol. The molecule has 0 aromatic heterocycles. The van der Waals surface area contributed by atoms with Gasteiger partial charge in [-0.1, -0.05) is 11.6 Å². The maximum atomic E-state index is 12.7. The molecule has 1 amide bonds. The topological polar surface area (TPSA) is 130 Å². The number of nitrogens with one attached hydrogen (secondary N) is 1. The van der Waals surface area contributed by atoms with Crippen molar-refractivity contribution in [2.45, 2.75) is 9.79 Å². The molecule has 0 aliphatic carbocycles. The average Bonchev–Trinajstić information content (AvgIpc) is 2.68. The molecule has 1 aliphatic rings. The number of hydrogen-bond donors (Lipinski definition) is 2. The van der Waals surface area contributed by atoms with E-state index < -0.39 is 20.0 Å². The monoisotopic (exact) mass is 472 g/mol. The predicted octanol–water partition coefficient (Wildman–Crippen LogP) is 0.932. The van der Waals surface area contributed by atoms with Crippen LogP contribution in [0.15, 0.2) is 58.3 Å². The first-order valence-corrected chi connectivity index (χ1v) is 12.3. The molecule has 30 heavy (non-hydrogen) atoms. The quantitative estimate of drug-likeness (QED) is 0.643. The standard InChI is InChI=1S/C18H21ClN4O5S2/c19-14-1-5-17(6-2-14)30(27,28)23-11-9-22(10-12-23)13-18(24)21-15-3-7-16(8-4-15)29(20,25)26/h1-8H,9-13H2,(H,21,24)(H2,20,25,26). The number of carbonyl (C=O) groups excluding carboxylic acids is 1. The van der Waals surface area contributed by atoms with E-state index in [9.17, 15) is 21.6 Å². The van der Waals surface area contributed by atoms with E-state index in [0.29, 0.717) is 23.8 Å². The number of nitrogens with zero attached hydrogens (tertiary/aromatic N) is 2. The number of rotatable bonds is 6. The lowest BCUT2D eigenvalue weighted by Gasteiger charge is -2.33. The van der Waals surface area contributed by atoms with Gasteiger partial charge in [0.05, 0.1) is 16.3 Å². The minimum atomic E-state index is -3.79. The summed E-state index contributed by atoms with van der Waals surface area (Å²) in [6.07, 6.45) is 0. The summed E-state index contributed by atoms with van der Waals surface area (Å²) in [5.74, 6) is -0.285. The molecule has 0 saturated carbocycles. The number of halogens is 1. The fourth-order valence-electron chi connectivity index (χ4n) is 3.02. The Morgan fingerprint density at radius 3 is 1.97 bits per heavy atom. The van der Waals surface area contributed by atoms with Crippen molar-refractivity contribution in [1.29, 1.82) is 0 Å². The van der Waals surface area contributed by atoms with E-state index in [4.69, 9.17) is 16.7 Å². The number of benzene rings is 2. The molecule has 0 radical (unpaired) electrons. The van der Waals surface area contributed by atoms with E-state index in [-0.39, 0.29) is 35.3 Å². The molecular weight excluding hydrogens is 452 g/mol. The molecule has 1 aliphatic heterocycles. The molecule has 1 saturated heterocycles. The SMILES string of the molecule is NS(=O)(=O)c1ccc(NC(=O)CN2CCN(S(=O)(=O)c3ccc(Cl)cc3)CC2)cc1. The molecule has 0 atom stereocenters. The van der Waals surface area contributed by atoms with Crippen LogP contribution in [-0.4, -0.2) is 64.7 Å². The van der Waals surface area contributed by atoms with E-state index in [1.54, 1.807) is 0 Å². The highest BCUT2D eigenvalue weighted by molar-refractivity contribution is 7.89. The Hall–Kier alpha value is -2.02. The summed E-state index contributed by atoms with van der Waals surface area (Å²) in [5.41, 5.74) is 0.441. The van der Waals surface area contributed by atoms with Gasteiger partial charge >= 0.3 is 0 Å². The molecule has 0 unspecified atom stereocenters. The number of carbonyl (C=O) groups is 1. The first-order chi connectivity index (χ1) is 14.1. The summed E-state index contributed by atoms with van der Waals surface area (Å²) in [6.45, 7) is 1.43. The second-order valence-corrected chi connectivity index (χ2v) is 10.7. The number of amides is 1. The van der Waals surface area contributed by atoms with Gasteiger partial charge in [0.2, 0.25) is 26.0 Å². The van der Waals surface area contributed by atoms with Gasteiger partial charge in [0.1, 0.15) is 0 Å². The molecular formula is C18H21ClN4O5S2. The minimum Gasteiger partial charge on any atom is -0.325 e. The third kappa shape index (κ3) is 5.56. The molecule has 3 rings (SSSR count). The Kier molecular flexibility index (Phi) is 6.80. The Morgan fingerprint density at radius 2 is 1.43 bits per heavy atom. The van der Waals surface area contributed by atoms with Crippen molar-refractivity contribution >= 4 is 43.2 Å². The van der Waals surface area contributed by atoms with E-state index in [2.05, 4.69) is 5.32 Å². The normalized spacial score (nSPS) is 16.3. The van der Waals surface area contributed by atoms with Crippen LogP contribution in [0.25, 0.3) is 0 Å². The van der Waals surface area contributed by atoms with Gasteiger partial charge in [-0.3, -0.25) is 9.69 Å². The van der Waals surface area contributed by atoms with Crippen LogP contribution < -0.4 is 10.5 Å². The number of primary sulfonamides is 1. The van der Waals surface area contributed by atoms with Crippen LogP contribution in [0.3, 0.4) is 0 Å². The van der Waals surface area contributed by atoms with Crippen molar-refractivity contribution in [2.75, 3.05) is 38.0 Å². The summed E-state index contributed by atoms with van der Waals surface area (Å²) in [5, 5.41) is 8.18. The zero-order valence-corrected chi connectivity index (χ0v) is 18.3. The van der Waals surface area contributed by atoms with Crippen molar-refractivity contribution in [1.82, 2.24) is 9.21 Å². The van der Waals surface area contributed by atoms with Gasteiger partial charge in [0, 0.05) is 36.9 Å². The Labute approximate surface area is 180 Å². The highest BCUT2D eigenvalue weighted by Crippen LogP contribution is 2.20. The molecule has 2 aromatic rings. The summed E-state index contributed by atoms with van der Waals surface area (Å²) in [4.78, 5) is 14.2. The number of anilines is 1. The van der Waals surface area contributed by atoms with Crippen LogP contribution in [0.5, 0.6) is 0 Å². The lowest BCUT2D eigenvalue weighted by Crippen LogP contribution is -2.50. The first kappa shape index (κ1) is 22.7. The van der Waals surface area contributed by atoms with Crippen LogP contribution in [0.4, 0.5) is 5.69 Å². The van der Waals surface area contributed by atoms with E-state index >= 15 is 0 Å². The second kappa shape index (κ2) is 9.00.